The number of hydrogen-bond acceptors (Lipinski definition) is 7. The molecule has 0 aromatic carbocycles. The monoisotopic (exact) mass is 324 g/mol. The van der Waals surface area contributed by atoms with Gasteiger partial charge in [-0.25, -0.2) is 4.79 Å². The molecular formula is C11H16O5S3. The van der Waals surface area contributed by atoms with Crippen LogP contribution in [0.2, 0.25) is 0 Å². The lowest BCUT2D eigenvalue weighted by Gasteiger charge is -2.36. The van der Waals surface area contributed by atoms with Gasteiger partial charge in [0, 0.05) is 22.5 Å². The van der Waals surface area contributed by atoms with Crippen LogP contribution < -0.4 is 0 Å². The van der Waals surface area contributed by atoms with Crippen molar-refractivity contribution in [2.45, 2.75) is 28.5 Å². The Kier molecular flexibility index (Phi) is 4.67. The smallest absolute Gasteiger partial charge is 0.339 e. The minimum absolute atomic E-state index is 0.207. The molecule has 2 aliphatic heterocycles. The van der Waals surface area contributed by atoms with E-state index in [0.29, 0.717) is 5.75 Å². The number of aliphatic hydroxyl groups is 2. The molecule has 0 aromatic heterocycles. The minimum Gasteiger partial charge on any atom is -0.461 e. The van der Waals surface area contributed by atoms with E-state index >= 15 is 0 Å². The Balaban J connectivity index is 2.24. The van der Waals surface area contributed by atoms with Gasteiger partial charge in [0.15, 0.2) is 5.60 Å². The second kappa shape index (κ2) is 5.77. The first kappa shape index (κ1) is 15.4. The third-order valence-electron chi connectivity index (χ3n) is 3.43. The van der Waals surface area contributed by atoms with Crippen molar-refractivity contribution in [2.24, 2.45) is 5.92 Å². The fourth-order valence-corrected chi connectivity index (χ4v) is 8.31. The molecule has 0 aromatic rings. The van der Waals surface area contributed by atoms with Gasteiger partial charge in [-0.1, -0.05) is 34.6 Å². The Morgan fingerprint density at radius 2 is 2.37 bits per heavy atom. The summed E-state index contributed by atoms with van der Waals surface area (Å²) >= 11 is 0. The highest BCUT2D eigenvalue weighted by atomic mass is 33.1. The van der Waals surface area contributed by atoms with Gasteiger partial charge in [0.05, 0.1) is 4.58 Å². The second-order valence-corrected chi connectivity index (χ2v) is 9.09. The van der Waals surface area contributed by atoms with E-state index in [1.807, 2.05) is 0 Å². The van der Waals surface area contributed by atoms with Crippen LogP contribution in [-0.2, 0) is 20.3 Å². The lowest BCUT2D eigenvalue weighted by molar-refractivity contribution is -0.187. The largest absolute Gasteiger partial charge is 0.461 e. The lowest BCUT2D eigenvalue weighted by Crippen LogP contribution is -2.61. The van der Waals surface area contributed by atoms with Gasteiger partial charge in [-0.05, 0) is 0 Å². The van der Waals surface area contributed by atoms with Crippen LogP contribution in [0.5, 0.6) is 0 Å². The zero-order chi connectivity index (χ0) is 14.2. The van der Waals surface area contributed by atoms with Crippen LogP contribution >= 0.6 is 21.6 Å². The molecule has 0 aliphatic carbocycles. The van der Waals surface area contributed by atoms with Crippen molar-refractivity contribution < 1.29 is 24.0 Å². The number of carbonyl (C=O) groups excluding carboxylic acids is 1. The van der Waals surface area contributed by atoms with E-state index < -0.39 is 44.2 Å². The number of hydrogen-bond donors (Lipinski definition) is 2. The summed E-state index contributed by atoms with van der Waals surface area (Å²) in [4.78, 5) is 11.8. The molecule has 0 saturated carbocycles. The average Bonchev–Trinajstić information content (AvgIpc) is 2.57. The van der Waals surface area contributed by atoms with Crippen molar-refractivity contribution in [3.8, 4) is 0 Å². The summed E-state index contributed by atoms with van der Waals surface area (Å²) < 4.78 is 16.8. The molecule has 108 valence electrons. The molecule has 2 heterocycles. The lowest BCUT2D eigenvalue weighted by atomic mass is 9.83. The van der Waals surface area contributed by atoms with Crippen LogP contribution in [0.25, 0.3) is 0 Å². The van der Waals surface area contributed by atoms with Gasteiger partial charge in [0.1, 0.15) is 18.0 Å². The first-order chi connectivity index (χ1) is 8.94. The van der Waals surface area contributed by atoms with Crippen molar-refractivity contribution in [2.75, 3.05) is 12.4 Å². The van der Waals surface area contributed by atoms with Gasteiger partial charge in [-0.2, -0.15) is 0 Å². The van der Waals surface area contributed by atoms with Crippen molar-refractivity contribution in [3.63, 3.8) is 0 Å². The van der Waals surface area contributed by atoms with E-state index in [0.717, 1.165) is 0 Å². The summed E-state index contributed by atoms with van der Waals surface area (Å²) in [5.41, 5.74) is -1.85. The molecule has 2 aliphatic rings. The summed E-state index contributed by atoms with van der Waals surface area (Å²) in [5, 5.41) is 19.5. The third-order valence-corrected chi connectivity index (χ3v) is 9.23. The highest BCUT2D eigenvalue weighted by molar-refractivity contribution is 8.78. The quantitative estimate of drug-likeness (QED) is 0.333. The SMILES string of the molecule is C=CCSS[C@H]1[C@H](C)[C@@]2(O)C(=O)OC[C@@H](O)[C@H]2S1=O. The van der Waals surface area contributed by atoms with Crippen molar-refractivity contribution in [3.05, 3.63) is 12.7 Å². The molecule has 0 spiro atoms. The summed E-state index contributed by atoms with van der Waals surface area (Å²) in [7, 11) is 1.33. The standard InChI is InChI=1S/C11H16O5S3/c1-3-4-17-18-9-6(2)11(14)8(19(9)15)7(12)5-16-10(11)13/h3,6-9,12,14H,1,4-5H2,2H3/t6-,7+,8+,9+,11-,19?/m0/s1. The van der Waals surface area contributed by atoms with E-state index in [4.69, 9.17) is 4.74 Å². The Labute approximate surface area is 122 Å². The summed E-state index contributed by atoms with van der Waals surface area (Å²) in [6.45, 7) is 5.06. The zero-order valence-corrected chi connectivity index (χ0v) is 12.8. The number of carbonyl (C=O) groups is 1. The topological polar surface area (TPSA) is 83.8 Å². The number of aliphatic hydroxyl groups excluding tert-OH is 1. The fraction of sp³-hybridized carbons (Fsp3) is 0.727. The van der Waals surface area contributed by atoms with E-state index in [-0.39, 0.29) is 6.61 Å². The maximum atomic E-state index is 12.4. The molecule has 2 saturated heterocycles. The fourth-order valence-electron chi connectivity index (χ4n) is 2.38. The molecule has 0 bridgehead atoms. The number of ether oxygens (including phenoxy) is 1. The van der Waals surface area contributed by atoms with Crippen molar-refractivity contribution >= 4 is 38.4 Å². The van der Waals surface area contributed by atoms with Gasteiger partial charge in [-0.3, -0.25) is 4.21 Å². The number of fused-ring (bicyclic) bond motifs is 1. The Morgan fingerprint density at radius 3 is 2.95 bits per heavy atom. The third kappa shape index (κ3) is 2.37. The van der Waals surface area contributed by atoms with E-state index in [2.05, 4.69) is 6.58 Å². The highest BCUT2D eigenvalue weighted by Gasteiger charge is 2.66. The maximum Gasteiger partial charge on any atom is 0.339 e. The van der Waals surface area contributed by atoms with E-state index in [1.54, 1.807) is 13.0 Å². The number of esters is 1. The maximum absolute atomic E-state index is 12.4. The Hall–Kier alpha value is -0.0200. The molecule has 2 fully saturated rings. The molecule has 8 heteroatoms. The second-order valence-electron chi connectivity index (χ2n) is 4.57. The van der Waals surface area contributed by atoms with Crippen LogP contribution in [0.4, 0.5) is 0 Å². The first-order valence-electron chi connectivity index (χ1n) is 5.80. The predicted octanol–water partition coefficient (Wildman–Crippen LogP) is 0.296. The van der Waals surface area contributed by atoms with Crippen molar-refractivity contribution in [1.29, 1.82) is 0 Å². The zero-order valence-electron chi connectivity index (χ0n) is 10.4. The number of rotatable bonds is 4. The molecule has 0 radical (unpaired) electrons. The molecule has 1 unspecified atom stereocenters. The van der Waals surface area contributed by atoms with Crippen LogP contribution in [-0.4, -0.2) is 54.3 Å². The normalized spacial score (nSPS) is 45.6. The summed E-state index contributed by atoms with van der Waals surface area (Å²) in [5.74, 6) is -0.634. The van der Waals surface area contributed by atoms with Gasteiger partial charge >= 0.3 is 5.97 Å². The predicted molar refractivity (Wildman–Crippen MR) is 77.0 cm³/mol. The number of cyclic esters (lactones) is 1. The summed E-state index contributed by atoms with van der Waals surface area (Å²) in [6, 6.07) is 0. The van der Waals surface area contributed by atoms with Gasteiger partial charge in [-0.15, -0.1) is 6.58 Å². The minimum atomic E-state index is -1.85. The Morgan fingerprint density at radius 1 is 1.68 bits per heavy atom. The van der Waals surface area contributed by atoms with Gasteiger partial charge in [0.25, 0.3) is 0 Å². The van der Waals surface area contributed by atoms with Crippen LogP contribution in [0.15, 0.2) is 12.7 Å². The van der Waals surface area contributed by atoms with Crippen molar-refractivity contribution in [1.82, 2.24) is 0 Å². The molecule has 2 N–H and O–H groups in total. The molecule has 0 amide bonds. The van der Waals surface area contributed by atoms with Gasteiger partial charge in [0.2, 0.25) is 0 Å². The highest BCUT2D eigenvalue weighted by Crippen LogP contribution is 2.49. The first-order valence-corrected chi connectivity index (χ1v) is 9.46. The molecule has 5 nitrogen and oxygen atoms in total. The van der Waals surface area contributed by atoms with Gasteiger partial charge < -0.3 is 14.9 Å². The molecular weight excluding hydrogens is 308 g/mol. The van der Waals surface area contributed by atoms with E-state index in [1.165, 1.54) is 21.6 Å². The average molecular weight is 324 g/mol. The molecule has 6 atom stereocenters. The van der Waals surface area contributed by atoms with E-state index in [9.17, 15) is 19.2 Å². The molecule has 2 rings (SSSR count). The van der Waals surface area contributed by atoms with Crippen LogP contribution in [0.1, 0.15) is 6.92 Å². The molecule has 19 heavy (non-hydrogen) atoms. The van der Waals surface area contributed by atoms with Crippen LogP contribution in [0, 0.1) is 5.92 Å². The Bertz CT molecular complexity index is 415. The van der Waals surface area contributed by atoms with Crippen LogP contribution in [0.3, 0.4) is 0 Å². The summed E-state index contributed by atoms with van der Waals surface area (Å²) in [6.07, 6.45) is 0.645.